The van der Waals surface area contributed by atoms with Gasteiger partial charge in [0.1, 0.15) is 6.61 Å². The summed E-state index contributed by atoms with van der Waals surface area (Å²) in [4.78, 5) is 24.6. The number of unbranched alkanes of at least 4 members (excludes halogenated alkanes) is 12. The number of carbonyl (C=O) groups excluding carboxylic acids is 2. The Morgan fingerprint density at radius 3 is 0.732 bits per heavy atom. The topological polar surface area (TPSA) is 72.8 Å². The molecule has 0 radical (unpaired) electrons. The number of ether oxygens (including phenoxy) is 2. The molecule has 0 saturated heterocycles. The predicted molar refractivity (Wildman–Crippen MR) is 361 cm³/mol. The molecule has 1 unspecified atom stereocenters. The van der Waals surface area contributed by atoms with Crippen molar-refractivity contribution in [2.24, 2.45) is 0 Å². The molecule has 0 fully saturated rings. The van der Waals surface area contributed by atoms with E-state index in [1.165, 1.54) is 32.1 Å². The van der Waals surface area contributed by atoms with Crippen molar-refractivity contribution in [2.75, 3.05) is 13.2 Å². The zero-order valence-corrected chi connectivity index (χ0v) is 51.9. The molecule has 454 valence electrons. The molecule has 0 saturated carbocycles. The molecule has 0 aromatic carbocycles. The van der Waals surface area contributed by atoms with Gasteiger partial charge in [-0.25, -0.2) is 0 Å². The summed E-state index contributed by atoms with van der Waals surface area (Å²) in [7, 11) is 0. The van der Waals surface area contributed by atoms with E-state index in [9.17, 15) is 14.7 Å². The first-order valence-electron chi connectivity index (χ1n) is 32.3. The Balaban J connectivity index is 3.68. The maximum atomic E-state index is 12.3. The highest BCUT2D eigenvalue weighted by Crippen LogP contribution is 2.13. The third kappa shape index (κ3) is 66.7. The molecular weight excluding hydrogens is 1000 g/mol. The molecular formula is C77H116O5. The zero-order valence-electron chi connectivity index (χ0n) is 51.9. The van der Waals surface area contributed by atoms with Crippen LogP contribution in [0.3, 0.4) is 0 Å². The summed E-state index contributed by atoms with van der Waals surface area (Å²) < 4.78 is 10.7. The summed E-state index contributed by atoms with van der Waals surface area (Å²) in [6.45, 7) is 3.87. The minimum atomic E-state index is -0.809. The highest BCUT2D eigenvalue weighted by molar-refractivity contribution is 5.70. The number of aliphatic hydroxyl groups excluding tert-OH is 1. The number of allylic oxidation sites excluding steroid dienone is 36. The Bertz CT molecular complexity index is 1990. The number of rotatable bonds is 56. The molecule has 5 nitrogen and oxygen atoms in total. The van der Waals surface area contributed by atoms with Crippen LogP contribution in [0, 0.1) is 0 Å². The number of hydrogen-bond acceptors (Lipinski definition) is 5. The smallest absolute Gasteiger partial charge is 0.306 e. The molecule has 0 aliphatic carbocycles. The Labute approximate surface area is 503 Å². The molecule has 0 bridgehead atoms. The number of aliphatic hydroxyl groups is 1. The van der Waals surface area contributed by atoms with Crippen LogP contribution in [0.15, 0.2) is 219 Å². The van der Waals surface area contributed by atoms with Crippen molar-refractivity contribution in [3.63, 3.8) is 0 Å². The van der Waals surface area contributed by atoms with E-state index in [0.717, 1.165) is 173 Å². The first kappa shape index (κ1) is 76.2. The fourth-order valence-corrected chi connectivity index (χ4v) is 8.01. The molecule has 5 heteroatoms. The van der Waals surface area contributed by atoms with Crippen LogP contribution in [0.4, 0.5) is 0 Å². The first-order chi connectivity index (χ1) is 40.6. The van der Waals surface area contributed by atoms with Crippen LogP contribution in [-0.2, 0) is 19.1 Å². The van der Waals surface area contributed by atoms with Crippen molar-refractivity contribution in [3.8, 4) is 0 Å². The molecule has 0 rings (SSSR count). The summed E-state index contributed by atoms with van der Waals surface area (Å²) in [5.74, 6) is -0.647. The van der Waals surface area contributed by atoms with Gasteiger partial charge in [0, 0.05) is 12.8 Å². The molecule has 1 atom stereocenters. The summed E-state index contributed by atoms with van der Waals surface area (Å²) >= 11 is 0. The third-order valence-corrected chi connectivity index (χ3v) is 12.8. The summed E-state index contributed by atoms with van der Waals surface area (Å²) in [6.07, 6.45) is 113. The minimum absolute atomic E-state index is 0.0965. The molecule has 0 spiro atoms. The number of esters is 2. The van der Waals surface area contributed by atoms with Crippen molar-refractivity contribution in [3.05, 3.63) is 219 Å². The molecule has 82 heavy (non-hydrogen) atoms. The van der Waals surface area contributed by atoms with Gasteiger partial charge in [0.2, 0.25) is 0 Å². The lowest BCUT2D eigenvalue weighted by molar-refractivity contribution is -0.161. The van der Waals surface area contributed by atoms with E-state index in [1.807, 2.05) is 0 Å². The summed E-state index contributed by atoms with van der Waals surface area (Å²) in [5, 5.41) is 9.68. The average molecular weight is 1120 g/mol. The second-order valence-electron chi connectivity index (χ2n) is 20.4. The van der Waals surface area contributed by atoms with Crippen LogP contribution in [-0.4, -0.2) is 36.4 Å². The van der Waals surface area contributed by atoms with Crippen molar-refractivity contribution in [1.82, 2.24) is 0 Å². The monoisotopic (exact) mass is 1120 g/mol. The second-order valence-corrected chi connectivity index (χ2v) is 20.4. The largest absolute Gasteiger partial charge is 0.462 e. The van der Waals surface area contributed by atoms with Crippen LogP contribution < -0.4 is 0 Å². The lowest BCUT2D eigenvalue weighted by Gasteiger charge is -2.15. The molecule has 0 aliphatic heterocycles. The van der Waals surface area contributed by atoms with Gasteiger partial charge in [-0.1, -0.05) is 284 Å². The lowest BCUT2D eigenvalue weighted by Crippen LogP contribution is -2.28. The van der Waals surface area contributed by atoms with Gasteiger partial charge in [0.15, 0.2) is 6.10 Å². The highest BCUT2D eigenvalue weighted by atomic mass is 16.6. The number of carbonyl (C=O) groups is 2. The van der Waals surface area contributed by atoms with Gasteiger partial charge < -0.3 is 14.6 Å². The van der Waals surface area contributed by atoms with Gasteiger partial charge in [-0.15, -0.1) is 0 Å². The van der Waals surface area contributed by atoms with Crippen molar-refractivity contribution >= 4 is 11.9 Å². The maximum Gasteiger partial charge on any atom is 0.306 e. The van der Waals surface area contributed by atoms with E-state index in [-0.39, 0.29) is 25.2 Å². The van der Waals surface area contributed by atoms with Gasteiger partial charge in [0.25, 0.3) is 0 Å². The Morgan fingerprint density at radius 2 is 0.488 bits per heavy atom. The normalized spacial score (nSPS) is 13.7. The maximum absolute atomic E-state index is 12.3. The SMILES string of the molecule is CC/C=C\C/C=C\C/C=C\C/C=C\C/C=C\C/C=C\C/C=C\C/C=C\C/C=C\C/C=C\CCCCCCC(=O)OC(CO)COC(=O)CCCCCCCCCC/C=C\C/C=C\C/C=C\C/C=C\C/C=C\C/C=C\C/C=C\C/C=C\CC. The third-order valence-electron chi connectivity index (χ3n) is 12.8. The zero-order chi connectivity index (χ0) is 59.1. The minimum Gasteiger partial charge on any atom is -0.462 e. The van der Waals surface area contributed by atoms with Crippen molar-refractivity contribution in [1.29, 1.82) is 0 Å². The molecule has 1 N–H and O–H groups in total. The Kier molecular flexibility index (Phi) is 64.6. The van der Waals surface area contributed by atoms with E-state index in [4.69, 9.17) is 9.47 Å². The first-order valence-corrected chi connectivity index (χ1v) is 32.3. The predicted octanol–water partition coefficient (Wildman–Crippen LogP) is 22.7. The lowest BCUT2D eigenvalue weighted by atomic mass is 10.1. The summed E-state index contributed by atoms with van der Waals surface area (Å²) in [6, 6.07) is 0. The van der Waals surface area contributed by atoms with Gasteiger partial charge in [-0.3, -0.25) is 9.59 Å². The van der Waals surface area contributed by atoms with Gasteiger partial charge in [-0.05, 0) is 154 Å². The molecule has 0 heterocycles. The van der Waals surface area contributed by atoms with Gasteiger partial charge in [0.05, 0.1) is 6.61 Å². The van der Waals surface area contributed by atoms with Crippen LogP contribution in [0.5, 0.6) is 0 Å². The van der Waals surface area contributed by atoms with E-state index in [0.29, 0.717) is 12.8 Å². The quantitative estimate of drug-likeness (QED) is 0.0373. The highest BCUT2D eigenvalue weighted by Gasteiger charge is 2.16. The standard InChI is InChI=1S/C77H116O5/c1-3-5-7-9-11-13-15-17-19-21-23-25-27-29-31-33-35-37-38-40-42-44-46-48-50-52-54-56-58-60-62-64-66-68-70-72-77(80)82-75(73-78)74-81-76(79)71-69-67-65-63-61-59-57-55-53-51-49-47-45-43-41-39-36-34-32-30-28-26-24-22-20-18-16-14-12-10-8-6-4-2/h5-8,11-14,17-20,23-26,29-32,35-37,39-40,42-43,45-46,48-49,51-52,54,58,60,75,78H,3-4,9-10,15-16,21-22,27-28,33-34,38,41,44,47,50,53,55-57,59,61-74H2,1-2H3/b7-5-,8-6-,13-11-,14-12-,19-17-,20-18-,25-23-,26-24-,31-29-,32-30-,37-35-,39-36-,42-40-,45-43-,48-46-,51-49-,54-52-,60-58-. The van der Waals surface area contributed by atoms with Crippen LogP contribution in [0.25, 0.3) is 0 Å². The molecule has 0 amide bonds. The van der Waals surface area contributed by atoms with Gasteiger partial charge >= 0.3 is 11.9 Å². The summed E-state index contributed by atoms with van der Waals surface area (Å²) in [5.41, 5.74) is 0. The van der Waals surface area contributed by atoms with E-state index >= 15 is 0 Å². The van der Waals surface area contributed by atoms with Crippen molar-refractivity contribution < 1.29 is 24.2 Å². The second kappa shape index (κ2) is 69.5. The van der Waals surface area contributed by atoms with E-state index < -0.39 is 6.10 Å². The fraction of sp³-hybridized carbons (Fsp3) is 0.506. The van der Waals surface area contributed by atoms with E-state index in [2.05, 4.69) is 233 Å². The van der Waals surface area contributed by atoms with E-state index in [1.54, 1.807) is 0 Å². The molecule has 0 aromatic heterocycles. The fourth-order valence-electron chi connectivity index (χ4n) is 8.01. The molecule has 0 aromatic rings. The Morgan fingerprint density at radius 1 is 0.280 bits per heavy atom. The van der Waals surface area contributed by atoms with Crippen molar-refractivity contribution in [2.45, 2.75) is 238 Å². The van der Waals surface area contributed by atoms with Crippen LogP contribution >= 0.6 is 0 Å². The Hall–Kier alpha value is -5.78. The average Bonchev–Trinajstić information content (AvgIpc) is 3.49. The number of hydrogen-bond donors (Lipinski definition) is 1. The van der Waals surface area contributed by atoms with Gasteiger partial charge in [-0.2, -0.15) is 0 Å². The molecule has 0 aliphatic rings. The van der Waals surface area contributed by atoms with Crippen LogP contribution in [0.1, 0.15) is 232 Å². The van der Waals surface area contributed by atoms with Crippen LogP contribution in [0.2, 0.25) is 0 Å².